The zero-order chi connectivity index (χ0) is 16.2. The normalized spacial score (nSPS) is 14.8. The Bertz CT molecular complexity index is 692. The highest BCUT2D eigenvalue weighted by atomic mass is 79.9. The number of hydrogen-bond donors (Lipinski definition) is 0. The molecule has 5 nitrogen and oxygen atoms in total. The van der Waals surface area contributed by atoms with E-state index in [-0.39, 0.29) is 11.8 Å². The molecule has 1 saturated heterocycles. The standard InChI is InChI=1S/C17H17BrN2O3/c18-14-5-2-1-4-13(14)12-16(21)19-7-9-20(10-8-19)17(22)15-6-3-11-23-15/h1-6,11H,7-10,12H2. The fourth-order valence-electron chi connectivity index (χ4n) is 2.63. The lowest BCUT2D eigenvalue weighted by atomic mass is 10.1. The molecule has 1 fully saturated rings. The summed E-state index contributed by atoms with van der Waals surface area (Å²) < 4.78 is 6.08. The van der Waals surface area contributed by atoms with Crippen molar-refractivity contribution in [1.82, 2.24) is 9.80 Å². The first kappa shape index (κ1) is 15.8. The van der Waals surface area contributed by atoms with Gasteiger partial charge in [0.2, 0.25) is 5.91 Å². The van der Waals surface area contributed by atoms with Crippen LogP contribution in [-0.4, -0.2) is 47.8 Å². The summed E-state index contributed by atoms with van der Waals surface area (Å²) in [5.74, 6) is 0.313. The zero-order valence-electron chi connectivity index (χ0n) is 12.6. The number of piperazine rings is 1. The second-order valence-corrected chi connectivity index (χ2v) is 6.27. The van der Waals surface area contributed by atoms with Gasteiger partial charge in [-0.3, -0.25) is 9.59 Å². The number of hydrogen-bond acceptors (Lipinski definition) is 3. The topological polar surface area (TPSA) is 53.8 Å². The van der Waals surface area contributed by atoms with Crippen molar-refractivity contribution >= 4 is 27.7 Å². The van der Waals surface area contributed by atoms with Gasteiger partial charge in [0, 0.05) is 30.7 Å². The molecular formula is C17H17BrN2O3. The molecule has 3 rings (SSSR count). The van der Waals surface area contributed by atoms with Crippen LogP contribution in [0.25, 0.3) is 0 Å². The number of furan rings is 1. The summed E-state index contributed by atoms with van der Waals surface area (Å²) in [7, 11) is 0. The summed E-state index contributed by atoms with van der Waals surface area (Å²) >= 11 is 3.47. The van der Waals surface area contributed by atoms with Crippen molar-refractivity contribution in [2.24, 2.45) is 0 Å². The number of nitrogens with zero attached hydrogens (tertiary/aromatic N) is 2. The second-order valence-electron chi connectivity index (χ2n) is 5.42. The zero-order valence-corrected chi connectivity index (χ0v) is 14.2. The first-order valence-corrected chi connectivity index (χ1v) is 8.28. The van der Waals surface area contributed by atoms with Gasteiger partial charge in [-0.15, -0.1) is 0 Å². The highest BCUT2D eigenvalue weighted by Crippen LogP contribution is 2.18. The van der Waals surface area contributed by atoms with E-state index < -0.39 is 0 Å². The number of carbonyl (C=O) groups is 2. The Kier molecular flexibility index (Phi) is 4.81. The van der Waals surface area contributed by atoms with Gasteiger partial charge >= 0.3 is 0 Å². The van der Waals surface area contributed by atoms with Crippen LogP contribution in [0, 0.1) is 0 Å². The molecule has 0 N–H and O–H groups in total. The van der Waals surface area contributed by atoms with Crippen LogP contribution in [0.5, 0.6) is 0 Å². The molecular weight excluding hydrogens is 360 g/mol. The number of amides is 2. The number of halogens is 1. The van der Waals surface area contributed by atoms with Crippen LogP contribution in [0.4, 0.5) is 0 Å². The molecule has 1 aliphatic heterocycles. The molecule has 1 aliphatic rings. The first-order valence-electron chi connectivity index (χ1n) is 7.49. The highest BCUT2D eigenvalue weighted by molar-refractivity contribution is 9.10. The minimum absolute atomic E-state index is 0.0852. The fraction of sp³-hybridized carbons (Fsp3) is 0.294. The number of rotatable bonds is 3. The van der Waals surface area contributed by atoms with Gasteiger partial charge in [-0.05, 0) is 23.8 Å². The van der Waals surface area contributed by atoms with Crippen LogP contribution in [0.15, 0.2) is 51.6 Å². The molecule has 2 amide bonds. The SMILES string of the molecule is O=C(Cc1ccccc1Br)N1CCN(C(=O)c2ccco2)CC1. The summed E-state index contributed by atoms with van der Waals surface area (Å²) in [5, 5.41) is 0. The molecule has 0 aliphatic carbocycles. The minimum atomic E-state index is -0.118. The smallest absolute Gasteiger partial charge is 0.289 e. The van der Waals surface area contributed by atoms with Crippen molar-refractivity contribution < 1.29 is 14.0 Å². The lowest BCUT2D eigenvalue weighted by Gasteiger charge is -2.34. The minimum Gasteiger partial charge on any atom is -0.459 e. The van der Waals surface area contributed by atoms with Crippen molar-refractivity contribution in [2.75, 3.05) is 26.2 Å². The van der Waals surface area contributed by atoms with Crippen LogP contribution in [0.3, 0.4) is 0 Å². The Hall–Kier alpha value is -2.08. The van der Waals surface area contributed by atoms with Gasteiger partial charge in [0.15, 0.2) is 5.76 Å². The molecule has 0 saturated carbocycles. The second kappa shape index (κ2) is 7.00. The largest absolute Gasteiger partial charge is 0.459 e. The molecule has 120 valence electrons. The van der Waals surface area contributed by atoms with Crippen LogP contribution in [0.2, 0.25) is 0 Å². The van der Waals surface area contributed by atoms with Crippen LogP contribution in [-0.2, 0) is 11.2 Å². The Morgan fingerprint density at radius 2 is 1.70 bits per heavy atom. The van der Waals surface area contributed by atoms with E-state index in [2.05, 4.69) is 15.9 Å². The van der Waals surface area contributed by atoms with Gasteiger partial charge < -0.3 is 14.2 Å². The first-order chi connectivity index (χ1) is 11.1. The predicted molar refractivity (Wildman–Crippen MR) is 89.0 cm³/mol. The fourth-order valence-corrected chi connectivity index (χ4v) is 3.06. The van der Waals surface area contributed by atoms with E-state index in [1.54, 1.807) is 17.0 Å². The highest BCUT2D eigenvalue weighted by Gasteiger charge is 2.26. The Labute approximate surface area is 143 Å². The number of carbonyl (C=O) groups excluding carboxylic acids is 2. The summed E-state index contributed by atoms with van der Waals surface area (Å²) in [6.45, 7) is 2.16. The maximum Gasteiger partial charge on any atom is 0.289 e. The molecule has 0 unspecified atom stereocenters. The molecule has 0 atom stereocenters. The van der Waals surface area contributed by atoms with Crippen molar-refractivity contribution in [3.8, 4) is 0 Å². The Balaban J connectivity index is 1.55. The number of benzene rings is 1. The summed E-state index contributed by atoms with van der Waals surface area (Å²) in [6, 6.07) is 11.1. The molecule has 0 radical (unpaired) electrons. The summed E-state index contributed by atoms with van der Waals surface area (Å²) in [4.78, 5) is 28.1. The van der Waals surface area contributed by atoms with Gasteiger partial charge in [-0.1, -0.05) is 34.1 Å². The third-order valence-corrected chi connectivity index (χ3v) is 4.72. The monoisotopic (exact) mass is 376 g/mol. The average Bonchev–Trinajstić information content (AvgIpc) is 3.11. The maximum absolute atomic E-state index is 12.4. The average molecular weight is 377 g/mol. The van der Waals surface area contributed by atoms with Crippen LogP contribution >= 0.6 is 15.9 Å². The summed E-state index contributed by atoms with van der Waals surface area (Å²) in [5.41, 5.74) is 0.978. The van der Waals surface area contributed by atoms with E-state index >= 15 is 0 Å². The Morgan fingerprint density at radius 3 is 2.35 bits per heavy atom. The molecule has 23 heavy (non-hydrogen) atoms. The van der Waals surface area contributed by atoms with E-state index in [1.807, 2.05) is 29.2 Å². The van der Waals surface area contributed by atoms with E-state index in [1.165, 1.54) is 6.26 Å². The summed E-state index contributed by atoms with van der Waals surface area (Å²) in [6.07, 6.45) is 1.86. The molecule has 2 heterocycles. The van der Waals surface area contributed by atoms with Gasteiger partial charge in [0.05, 0.1) is 12.7 Å². The molecule has 0 bridgehead atoms. The quantitative estimate of drug-likeness (QED) is 0.826. The van der Waals surface area contributed by atoms with Crippen molar-refractivity contribution in [1.29, 1.82) is 0 Å². The maximum atomic E-state index is 12.4. The van der Waals surface area contributed by atoms with E-state index in [0.717, 1.165) is 10.0 Å². The van der Waals surface area contributed by atoms with Crippen LogP contribution in [0.1, 0.15) is 16.1 Å². The molecule has 1 aromatic heterocycles. The molecule has 0 spiro atoms. The van der Waals surface area contributed by atoms with Crippen LogP contribution < -0.4 is 0 Å². The van der Waals surface area contributed by atoms with Gasteiger partial charge in [0.25, 0.3) is 5.91 Å². The van der Waals surface area contributed by atoms with Gasteiger partial charge in [-0.25, -0.2) is 0 Å². The lowest BCUT2D eigenvalue weighted by molar-refractivity contribution is -0.131. The Morgan fingerprint density at radius 1 is 1.00 bits per heavy atom. The van der Waals surface area contributed by atoms with E-state index in [9.17, 15) is 9.59 Å². The van der Waals surface area contributed by atoms with Crippen molar-refractivity contribution in [2.45, 2.75) is 6.42 Å². The third kappa shape index (κ3) is 3.64. The predicted octanol–water partition coefficient (Wildman–Crippen LogP) is 2.57. The molecule has 1 aromatic carbocycles. The third-order valence-electron chi connectivity index (χ3n) is 3.95. The van der Waals surface area contributed by atoms with E-state index in [4.69, 9.17) is 4.42 Å². The van der Waals surface area contributed by atoms with Crippen molar-refractivity contribution in [3.63, 3.8) is 0 Å². The van der Waals surface area contributed by atoms with E-state index in [0.29, 0.717) is 38.4 Å². The van der Waals surface area contributed by atoms with Gasteiger partial charge in [0.1, 0.15) is 0 Å². The lowest BCUT2D eigenvalue weighted by Crippen LogP contribution is -2.50. The molecule has 2 aromatic rings. The van der Waals surface area contributed by atoms with Crippen molar-refractivity contribution in [3.05, 3.63) is 58.5 Å². The molecule has 6 heteroatoms. The van der Waals surface area contributed by atoms with Gasteiger partial charge in [-0.2, -0.15) is 0 Å².